The molecule has 0 aliphatic carbocycles. The number of esters is 2. The maximum absolute atomic E-state index is 12.8. The van der Waals surface area contributed by atoms with Crippen LogP contribution in [0.25, 0.3) is 0 Å². The molecule has 0 aliphatic rings. The van der Waals surface area contributed by atoms with Gasteiger partial charge in [0.15, 0.2) is 6.10 Å². The highest BCUT2D eigenvalue weighted by Crippen LogP contribution is 2.43. The lowest BCUT2D eigenvalue weighted by atomic mass is 10.0. The van der Waals surface area contributed by atoms with E-state index in [0.717, 1.165) is 141 Å². The number of rotatable bonds is 70. The van der Waals surface area contributed by atoms with Crippen molar-refractivity contribution >= 4 is 19.8 Å². The molecule has 10 heteroatoms. The number of unbranched alkanes of at least 4 members (excludes halogenated alkanes) is 31. The highest BCUT2D eigenvalue weighted by molar-refractivity contribution is 7.47. The quantitative estimate of drug-likeness (QED) is 0.0264. The van der Waals surface area contributed by atoms with Crippen molar-refractivity contribution in [3.8, 4) is 0 Å². The lowest BCUT2D eigenvalue weighted by molar-refractivity contribution is -0.161. The van der Waals surface area contributed by atoms with Crippen LogP contribution < -0.4 is 5.73 Å². The molecule has 530 valence electrons. The number of phosphoric acid groups is 1. The minimum atomic E-state index is -4.41. The Balaban J connectivity index is 3.86. The van der Waals surface area contributed by atoms with E-state index in [1.54, 1.807) is 0 Å². The standard InChI is InChI=1S/C83H140NO8P/c1-3-5-7-9-11-13-15-17-19-21-23-25-27-29-31-33-35-36-37-38-39-40-41-42-43-44-46-47-49-51-53-55-57-59-61-63-65-67-69-71-73-75-82(85)89-79-81(80-91-93(87,88)90-78-77-84)92-83(86)76-74-72-70-68-66-64-62-60-58-56-54-52-50-48-45-34-32-30-28-26-24-22-20-18-16-14-12-10-8-6-4-2/h5-8,11-14,17-20,23-26,29-32,45,48,52,54,58,60,81H,3-4,9-10,15-16,21-22,27-28,33-44,46-47,49-51,53,55-57,59,61-80,84H2,1-2H3,(H,87,88)/b7-5-,8-6-,13-11-,14-12-,19-17-,20-18-,25-23-,26-24-,31-29-,32-30-,48-45-,54-52-,60-58-. The molecule has 0 aromatic heterocycles. The fourth-order valence-electron chi connectivity index (χ4n) is 10.4. The molecule has 0 spiro atoms. The van der Waals surface area contributed by atoms with Gasteiger partial charge in [0, 0.05) is 19.4 Å². The fraction of sp³-hybridized carbons (Fsp3) is 0.663. The van der Waals surface area contributed by atoms with Crippen molar-refractivity contribution in [2.75, 3.05) is 26.4 Å². The number of allylic oxidation sites excluding steroid dienone is 26. The van der Waals surface area contributed by atoms with Crippen molar-refractivity contribution in [2.45, 2.75) is 328 Å². The Labute approximate surface area is 572 Å². The van der Waals surface area contributed by atoms with Crippen LogP contribution in [-0.2, 0) is 32.7 Å². The van der Waals surface area contributed by atoms with E-state index < -0.39 is 26.5 Å². The minimum absolute atomic E-state index is 0.0450. The van der Waals surface area contributed by atoms with Gasteiger partial charge in [-0.1, -0.05) is 345 Å². The molecule has 3 N–H and O–H groups in total. The average molecular weight is 1310 g/mol. The Hall–Kier alpha value is -4.37. The zero-order valence-corrected chi connectivity index (χ0v) is 60.6. The molecule has 0 radical (unpaired) electrons. The van der Waals surface area contributed by atoms with E-state index in [1.165, 1.54) is 148 Å². The van der Waals surface area contributed by atoms with Gasteiger partial charge in [0.05, 0.1) is 13.2 Å². The van der Waals surface area contributed by atoms with Crippen LogP contribution in [-0.4, -0.2) is 49.3 Å². The molecular weight excluding hydrogens is 1170 g/mol. The van der Waals surface area contributed by atoms with Crippen molar-refractivity contribution in [3.63, 3.8) is 0 Å². The summed E-state index contributed by atoms with van der Waals surface area (Å²) in [7, 11) is -4.41. The summed E-state index contributed by atoms with van der Waals surface area (Å²) in [6, 6.07) is 0. The molecule has 0 heterocycles. The summed E-state index contributed by atoms with van der Waals surface area (Å²) in [4.78, 5) is 35.4. The number of ether oxygens (including phenoxy) is 2. The zero-order valence-electron chi connectivity index (χ0n) is 59.7. The molecular formula is C83H140NO8P. The molecule has 0 rings (SSSR count). The van der Waals surface area contributed by atoms with Crippen molar-refractivity contribution in [2.24, 2.45) is 5.73 Å². The van der Waals surface area contributed by atoms with Gasteiger partial charge in [-0.05, 0) is 122 Å². The minimum Gasteiger partial charge on any atom is -0.462 e. The topological polar surface area (TPSA) is 134 Å². The van der Waals surface area contributed by atoms with Crippen LogP contribution in [0.3, 0.4) is 0 Å². The number of hydrogen-bond acceptors (Lipinski definition) is 8. The van der Waals surface area contributed by atoms with E-state index >= 15 is 0 Å². The second kappa shape index (κ2) is 76.6. The molecule has 0 aliphatic heterocycles. The van der Waals surface area contributed by atoms with E-state index in [2.05, 4.69) is 172 Å². The predicted molar refractivity (Wildman–Crippen MR) is 403 cm³/mol. The lowest BCUT2D eigenvalue weighted by Crippen LogP contribution is -2.29. The number of nitrogens with two attached hydrogens (primary N) is 1. The first-order valence-electron chi connectivity index (χ1n) is 38.0. The summed E-state index contributed by atoms with van der Waals surface area (Å²) >= 11 is 0. The molecule has 93 heavy (non-hydrogen) atoms. The van der Waals surface area contributed by atoms with Crippen molar-refractivity contribution in [1.29, 1.82) is 0 Å². The molecule has 0 amide bonds. The monoisotopic (exact) mass is 1310 g/mol. The van der Waals surface area contributed by atoms with Gasteiger partial charge in [-0.25, -0.2) is 4.57 Å². The summed E-state index contributed by atoms with van der Waals surface area (Å²) < 4.78 is 33.2. The smallest absolute Gasteiger partial charge is 0.462 e. The van der Waals surface area contributed by atoms with Gasteiger partial charge in [0.2, 0.25) is 0 Å². The summed E-state index contributed by atoms with van der Waals surface area (Å²) in [5, 5.41) is 0. The van der Waals surface area contributed by atoms with Crippen LogP contribution in [0.1, 0.15) is 322 Å². The summed E-state index contributed by atoms with van der Waals surface area (Å²) in [5.41, 5.74) is 5.41. The van der Waals surface area contributed by atoms with E-state index in [-0.39, 0.29) is 38.6 Å². The van der Waals surface area contributed by atoms with Gasteiger partial charge in [-0.15, -0.1) is 0 Å². The Morgan fingerprint density at radius 1 is 0.323 bits per heavy atom. The largest absolute Gasteiger partial charge is 0.472 e. The summed E-state index contributed by atoms with van der Waals surface area (Å²) in [6.45, 7) is 3.51. The first kappa shape index (κ1) is 88.6. The molecule has 0 aromatic carbocycles. The number of carbonyl (C=O) groups is 2. The Bertz CT molecular complexity index is 2090. The van der Waals surface area contributed by atoms with Crippen molar-refractivity contribution < 1.29 is 37.6 Å². The van der Waals surface area contributed by atoms with Crippen LogP contribution in [0.2, 0.25) is 0 Å². The Kier molecular flexibility index (Phi) is 73.0. The summed E-state index contributed by atoms with van der Waals surface area (Å²) in [6.07, 6.45) is 112. The van der Waals surface area contributed by atoms with Crippen LogP contribution >= 0.6 is 7.82 Å². The number of phosphoric ester groups is 1. The zero-order chi connectivity index (χ0) is 67.2. The van der Waals surface area contributed by atoms with Crippen LogP contribution in [0.15, 0.2) is 158 Å². The van der Waals surface area contributed by atoms with Gasteiger partial charge < -0.3 is 20.1 Å². The van der Waals surface area contributed by atoms with Crippen molar-refractivity contribution in [1.82, 2.24) is 0 Å². The van der Waals surface area contributed by atoms with Crippen LogP contribution in [0.4, 0.5) is 0 Å². The molecule has 0 bridgehead atoms. The highest BCUT2D eigenvalue weighted by atomic mass is 31.2. The normalized spacial score (nSPS) is 13.8. The first-order valence-corrected chi connectivity index (χ1v) is 39.5. The summed E-state index contributed by atoms with van der Waals surface area (Å²) in [5.74, 6) is -0.842. The Morgan fingerprint density at radius 3 is 0.828 bits per heavy atom. The molecule has 0 saturated carbocycles. The number of carbonyl (C=O) groups excluding carboxylic acids is 2. The molecule has 0 fully saturated rings. The van der Waals surface area contributed by atoms with E-state index in [0.29, 0.717) is 6.42 Å². The molecule has 2 atom stereocenters. The average Bonchev–Trinajstić information content (AvgIpc) is 3.70. The van der Waals surface area contributed by atoms with Gasteiger partial charge in [-0.2, -0.15) is 0 Å². The second-order valence-electron chi connectivity index (χ2n) is 24.8. The maximum atomic E-state index is 12.8. The van der Waals surface area contributed by atoms with Gasteiger partial charge >= 0.3 is 19.8 Å². The SMILES string of the molecule is CC/C=C\C/C=C\C/C=C\C/C=C\C/C=C\C/C=C\C/C=C\C/C=C\CCCCCCCCC(=O)OC(COC(=O)CCCCCCCCCCCCCCCCCCCCCCCCCCC/C=C\C/C=C\C/C=C\C/C=C\C/C=C\CC)COP(=O)(O)OCCN. The third kappa shape index (κ3) is 76.5. The lowest BCUT2D eigenvalue weighted by Gasteiger charge is -2.19. The maximum Gasteiger partial charge on any atom is 0.472 e. The molecule has 0 aromatic rings. The van der Waals surface area contributed by atoms with E-state index in [4.69, 9.17) is 24.3 Å². The third-order valence-electron chi connectivity index (χ3n) is 15.9. The van der Waals surface area contributed by atoms with E-state index in [1.807, 2.05) is 0 Å². The van der Waals surface area contributed by atoms with E-state index in [9.17, 15) is 19.0 Å². The van der Waals surface area contributed by atoms with Crippen molar-refractivity contribution in [3.05, 3.63) is 158 Å². The first-order chi connectivity index (χ1) is 45.8. The van der Waals surface area contributed by atoms with Gasteiger partial charge in [-0.3, -0.25) is 18.6 Å². The second-order valence-corrected chi connectivity index (χ2v) is 26.2. The van der Waals surface area contributed by atoms with Gasteiger partial charge in [0.25, 0.3) is 0 Å². The van der Waals surface area contributed by atoms with Crippen LogP contribution in [0.5, 0.6) is 0 Å². The molecule has 0 saturated heterocycles. The predicted octanol–water partition coefficient (Wildman–Crippen LogP) is 25.5. The van der Waals surface area contributed by atoms with Gasteiger partial charge in [0.1, 0.15) is 6.61 Å². The molecule has 2 unspecified atom stereocenters. The molecule has 9 nitrogen and oxygen atoms in total. The number of hydrogen-bond donors (Lipinski definition) is 2. The Morgan fingerprint density at radius 2 is 0.559 bits per heavy atom. The van der Waals surface area contributed by atoms with Crippen LogP contribution in [0, 0.1) is 0 Å². The third-order valence-corrected chi connectivity index (χ3v) is 16.9. The highest BCUT2D eigenvalue weighted by Gasteiger charge is 2.26. The fourth-order valence-corrected chi connectivity index (χ4v) is 11.2.